The van der Waals surface area contributed by atoms with Gasteiger partial charge in [0.25, 0.3) is 0 Å². The summed E-state index contributed by atoms with van der Waals surface area (Å²) < 4.78 is 0. The number of carbonyl (C=O) groups excluding carboxylic acids is 1. The van der Waals surface area contributed by atoms with Crippen LogP contribution in [0, 0.1) is 0 Å². The highest BCUT2D eigenvalue weighted by Gasteiger charge is 2.44. The third-order valence-electron chi connectivity index (χ3n) is 7.35. The number of nitrogens with zero attached hydrogens (tertiary/aromatic N) is 1. The number of benzene rings is 4. The number of aromatic hydroxyl groups is 1. The molecule has 36 heavy (non-hydrogen) atoms. The quantitative estimate of drug-likeness (QED) is 0.310. The largest absolute Gasteiger partial charge is 0.508 e. The minimum absolute atomic E-state index is 0.0315. The van der Waals surface area contributed by atoms with Gasteiger partial charge in [-0.25, -0.2) is 0 Å². The Morgan fingerprint density at radius 3 is 1.89 bits per heavy atom. The number of phenolic OH excluding ortho intramolecular Hbond substituents is 1. The Kier molecular flexibility index (Phi) is 7.15. The topological polar surface area (TPSA) is 52.6 Å². The lowest BCUT2D eigenvalue weighted by Crippen LogP contribution is -2.46. The molecule has 0 aliphatic carbocycles. The molecule has 4 aromatic rings. The molecular weight excluding hydrogens is 444 g/mol. The summed E-state index contributed by atoms with van der Waals surface area (Å²) in [6, 6.07) is 38.1. The van der Waals surface area contributed by atoms with Crippen LogP contribution in [0.15, 0.2) is 115 Å². The molecule has 0 saturated carbocycles. The van der Waals surface area contributed by atoms with Gasteiger partial charge in [-0.2, -0.15) is 0 Å². The van der Waals surface area contributed by atoms with Crippen LogP contribution in [0.4, 0.5) is 5.69 Å². The molecule has 0 bridgehead atoms. The fourth-order valence-electron chi connectivity index (χ4n) is 5.65. The van der Waals surface area contributed by atoms with Gasteiger partial charge in [-0.15, -0.1) is 0 Å². The first-order chi connectivity index (χ1) is 17.6. The van der Waals surface area contributed by atoms with Crippen molar-refractivity contribution < 1.29 is 9.90 Å². The Morgan fingerprint density at radius 2 is 1.28 bits per heavy atom. The highest BCUT2D eigenvalue weighted by atomic mass is 16.3. The van der Waals surface area contributed by atoms with Crippen molar-refractivity contribution in [1.29, 1.82) is 0 Å². The van der Waals surface area contributed by atoms with E-state index in [0.717, 1.165) is 24.1 Å². The van der Waals surface area contributed by atoms with Gasteiger partial charge in [0.2, 0.25) is 5.91 Å². The van der Waals surface area contributed by atoms with Crippen molar-refractivity contribution >= 4 is 11.6 Å². The number of hydrogen-bond donors (Lipinski definition) is 2. The fourth-order valence-corrected chi connectivity index (χ4v) is 5.65. The number of rotatable bonds is 7. The molecule has 1 amide bonds. The summed E-state index contributed by atoms with van der Waals surface area (Å²) in [6.07, 6.45) is 1.67. The van der Waals surface area contributed by atoms with Crippen molar-refractivity contribution in [2.24, 2.45) is 0 Å². The van der Waals surface area contributed by atoms with Gasteiger partial charge in [-0.1, -0.05) is 91.0 Å². The Bertz CT molecular complexity index is 1260. The van der Waals surface area contributed by atoms with Crippen molar-refractivity contribution in [3.8, 4) is 5.75 Å². The molecule has 182 valence electrons. The van der Waals surface area contributed by atoms with E-state index in [0.29, 0.717) is 0 Å². The molecule has 1 aliphatic heterocycles. The molecule has 1 heterocycles. The highest BCUT2D eigenvalue weighted by Crippen LogP contribution is 2.43. The smallest absolute Gasteiger partial charge is 0.241 e. The zero-order chi connectivity index (χ0) is 24.9. The average Bonchev–Trinajstić information content (AvgIpc) is 3.36. The van der Waals surface area contributed by atoms with Crippen molar-refractivity contribution in [2.45, 2.75) is 43.8 Å². The molecule has 4 aromatic carbocycles. The lowest BCUT2D eigenvalue weighted by molar-refractivity contribution is -0.121. The molecule has 0 aromatic heterocycles. The molecule has 0 spiro atoms. The number of nitrogens with one attached hydrogen (secondary N) is 1. The van der Waals surface area contributed by atoms with Crippen LogP contribution in [-0.4, -0.2) is 28.0 Å². The normalized spacial score (nSPS) is 19.5. The van der Waals surface area contributed by atoms with Crippen LogP contribution in [-0.2, 0) is 4.79 Å². The van der Waals surface area contributed by atoms with E-state index >= 15 is 0 Å². The molecule has 4 heteroatoms. The first-order valence-electron chi connectivity index (χ1n) is 12.6. The number of amides is 1. The van der Waals surface area contributed by atoms with Gasteiger partial charge in [0, 0.05) is 23.7 Å². The average molecular weight is 477 g/mol. The van der Waals surface area contributed by atoms with Crippen LogP contribution >= 0.6 is 0 Å². The number of carbonyl (C=O) groups is 1. The van der Waals surface area contributed by atoms with E-state index in [2.05, 4.69) is 65.7 Å². The van der Waals surface area contributed by atoms with Crippen molar-refractivity contribution in [3.05, 3.63) is 132 Å². The lowest BCUT2D eigenvalue weighted by atomic mass is 9.83. The summed E-state index contributed by atoms with van der Waals surface area (Å²) >= 11 is 0. The molecule has 5 rings (SSSR count). The standard InChI is InChI=1S/C32H32N2O2/c1-23(24-11-5-2-6-12-24)34-29(21-22-30(34)32(36)33-27-15-9-4-10-16-27)31(25-13-7-3-8-14-25)26-17-19-28(35)20-18-26/h2-20,23,29-31,35H,21-22H2,1H3,(H,33,36)/t23-,29+,30-,31?/m0/s1. The predicted molar refractivity (Wildman–Crippen MR) is 145 cm³/mol. The second-order valence-corrected chi connectivity index (χ2v) is 9.53. The maximum atomic E-state index is 13.7. The lowest BCUT2D eigenvalue weighted by Gasteiger charge is -2.39. The minimum atomic E-state index is -0.256. The van der Waals surface area contributed by atoms with Crippen LogP contribution < -0.4 is 5.32 Å². The number of para-hydroxylation sites is 1. The highest BCUT2D eigenvalue weighted by molar-refractivity contribution is 5.95. The molecule has 0 radical (unpaired) electrons. The van der Waals surface area contributed by atoms with Crippen LogP contribution in [0.2, 0.25) is 0 Å². The van der Waals surface area contributed by atoms with Crippen LogP contribution in [0.25, 0.3) is 0 Å². The van der Waals surface area contributed by atoms with E-state index in [4.69, 9.17) is 0 Å². The van der Waals surface area contributed by atoms with Crippen LogP contribution in [0.3, 0.4) is 0 Å². The van der Waals surface area contributed by atoms with E-state index in [-0.39, 0.29) is 35.7 Å². The zero-order valence-electron chi connectivity index (χ0n) is 20.5. The third-order valence-corrected chi connectivity index (χ3v) is 7.35. The summed E-state index contributed by atoms with van der Waals surface area (Å²) in [4.78, 5) is 16.1. The minimum Gasteiger partial charge on any atom is -0.508 e. The summed E-state index contributed by atoms with van der Waals surface area (Å²) in [5.41, 5.74) is 4.36. The summed E-state index contributed by atoms with van der Waals surface area (Å²) in [5.74, 6) is 0.350. The van der Waals surface area contributed by atoms with E-state index < -0.39 is 0 Å². The van der Waals surface area contributed by atoms with Crippen LogP contribution in [0.5, 0.6) is 5.75 Å². The molecule has 4 nitrogen and oxygen atoms in total. The predicted octanol–water partition coefficient (Wildman–Crippen LogP) is 6.76. The van der Waals surface area contributed by atoms with Gasteiger partial charge in [0.15, 0.2) is 0 Å². The Balaban J connectivity index is 1.55. The summed E-state index contributed by atoms with van der Waals surface area (Å²) in [7, 11) is 0. The van der Waals surface area contributed by atoms with Gasteiger partial charge < -0.3 is 10.4 Å². The molecule has 1 saturated heterocycles. The number of hydrogen-bond acceptors (Lipinski definition) is 3. The van der Waals surface area contributed by atoms with Crippen molar-refractivity contribution in [1.82, 2.24) is 4.90 Å². The maximum absolute atomic E-state index is 13.7. The SMILES string of the molecule is C[C@@H](c1ccccc1)N1[C@@H](C(c2ccccc2)c2ccc(O)cc2)CC[C@H]1C(=O)Nc1ccccc1. The first kappa shape index (κ1) is 23.8. The fraction of sp³-hybridized carbons (Fsp3) is 0.219. The Hall–Kier alpha value is -3.89. The van der Waals surface area contributed by atoms with Gasteiger partial charge in [0.05, 0.1) is 6.04 Å². The Morgan fingerprint density at radius 1 is 0.750 bits per heavy atom. The number of phenols is 1. The molecule has 1 aliphatic rings. The van der Waals surface area contributed by atoms with Crippen molar-refractivity contribution in [2.75, 3.05) is 5.32 Å². The first-order valence-corrected chi connectivity index (χ1v) is 12.6. The maximum Gasteiger partial charge on any atom is 0.241 e. The van der Waals surface area contributed by atoms with Crippen molar-refractivity contribution in [3.63, 3.8) is 0 Å². The summed E-state index contributed by atoms with van der Waals surface area (Å²) in [5, 5.41) is 13.1. The number of anilines is 1. The molecule has 1 fully saturated rings. The van der Waals surface area contributed by atoms with Gasteiger partial charge in [-0.05, 0) is 60.7 Å². The van der Waals surface area contributed by atoms with Gasteiger partial charge >= 0.3 is 0 Å². The van der Waals surface area contributed by atoms with E-state index in [1.54, 1.807) is 12.1 Å². The van der Waals surface area contributed by atoms with E-state index in [1.165, 1.54) is 11.1 Å². The second kappa shape index (κ2) is 10.8. The van der Waals surface area contributed by atoms with E-state index in [1.807, 2.05) is 54.6 Å². The van der Waals surface area contributed by atoms with Crippen LogP contribution in [0.1, 0.15) is 48.4 Å². The molecule has 2 N–H and O–H groups in total. The van der Waals surface area contributed by atoms with E-state index in [9.17, 15) is 9.90 Å². The monoisotopic (exact) mass is 476 g/mol. The zero-order valence-corrected chi connectivity index (χ0v) is 20.5. The third kappa shape index (κ3) is 5.05. The Labute approximate surface area is 213 Å². The molecule has 4 atom stereocenters. The molecule has 1 unspecified atom stereocenters. The van der Waals surface area contributed by atoms with Gasteiger partial charge in [-0.3, -0.25) is 9.69 Å². The number of likely N-dealkylation sites (tertiary alicyclic amines) is 1. The van der Waals surface area contributed by atoms with Gasteiger partial charge in [0.1, 0.15) is 5.75 Å². The summed E-state index contributed by atoms with van der Waals surface area (Å²) in [6.45, 7) is 2.20. The second-order valence-electron chi connectivity index (χ2n) is 9.53. The molecular formula is C32H32N2O2.